The minimum Gasteiger partial charge on any atom is -0.490 e. The van der Waals surface area contributed by atoms with Crippen molar-refractivity contribution in [3.63, 3.8) is 0 Å². The van der Waals surface area contributed by atoms with Crippen molar-refractivity contribution in [2.75, 3.05) is 20.2 Å². The van der Waals surface area contributed by atoms with E-state index in [-0.39, 0.29) is 0 Å². The molecule has 1 aliphatic rings. The molecule has 0 radical (unpaired) electrons. The number of unbranched alkanes of at least 4 members (excludes halogenated alkanes) is 1. The maximum absolute atomic E-state index is 10.5. The number of oxime groups is 1. The van der Waals surface area contributed by atoms with Gasteiger partial charge in [0.1, 0.15) is 18.1 Å². The average molecular weight is 350 g/mol. The highest BCUT2D eigenvalue weighted by molar-refractivity contribution is 6.24. The number of ether oxygens (including phenoxy) is 1. The minimum absolute atomic E-state index is 0.473. The van der Waals surface area contributed by atoms with Gasteiger partial charge in [0.25, 0.3) is 0 Å². The predicted molar refractivity (Wildman–Crippen MR) is 102 cm³/mol. The van der Waals surface area contributed by atoms with Crippen molar-refractivity contribution in [3.05, 3.63) is 65.7 Å². The molecule has 5 nitrogen and oxygen atoms in total. The van der Waals surface area contributed by atoms with Crippen LogP contribution >= 0.6 is 0 Å². The summed E-state index contributed by atoms with van der Waals surface area (Å²) in [6, 6.07) is 13.7. The Kier molecular flexibility index (Phi) is 5.69. The van der Waals surface area contributed by atoms with Crippen LogP contribution in [0.5, 0.6) is 5.75 Å². The lowest BCUT2D eigenvalue weighted by Crippen LogP contribution is -2.16. The lowest BCUT2D eigenvalue weighted by Gasteiger charge is -2.08. The standard InChI is InChI=1S/C21H22N2O3/c1-23(15-24)12-6-2-3-7-13-26-16-10-11-18-17-8-4-5-9-19(17)21(22-25)20(18)14-16/h3-5,7-11,14-15,25H,2,6,12-13H2,1H3/b7-3-,22-21+. The molecule has 0 heterocycles. The fourth-order valence-electron chi connectivity index (χ4n) is 3.06. The Balaban J connectivity index is 1.59. The maximum atomic E-state index is 10.5. The second kappa shape index (κ2) is 8.34. The number of amides is 1. The summed E-state index contributed by atoms with van der Waals surface area (Å²) in [5.74, 6) is 0.739. The predicted octanol–water partition coefficient (Wildman–Crippen LogP) is 3.70. The first-order chi connectivity index (χ1) is 12.7. The van der Waals surface area contributed by atoms with Crippen molar-refractivity contribution < 1.29 is 14.7 Å². The zero-order valence-corrected chi connectivity index (χ0v) is 14.8. The van der Waals surface area contributed by atoms with Gasteiger partial charge in [0.2, 0.25) is 6.41 Å². The number of benzene rings is 2. The summed E-state index contributed by atoms with van der Waals surface area (Å²) in [4.78, 5) is 12.1. The van der Waals surface area contributed by atoms with Crippen LogP contribution in [0.15, 0.2) is 59.8 Å². The van der Waals surface area contributed by atoms with Crippen molar-refractivity contribution in [2.45, 2.75) is 12.8 Å². The Morgan fingerprint density at radius 3 is 2.62 bits per heavy atom. The molecule has 134 valence electrons. The first kappa shape index (κ1) is 17.7. The SMILES string of the molecule is CN(C=O)CCC/C=C\COc1ccc2c(c1)/C(=N/O)c1ccccc1-2. The Morgan fingerprint density at radius 1 is 1.08 bits per heavy atom. The molecule has 0 bridgehead atoms. The molecule has 26 heavy (non-hydrogen) atoms. The van der Waals surface area contributed by atoms with Gasteiger partial charge in [0.15, 0.2) is 0 Å². The van der Waals surface area contributed by atoms with Crippen LogP contribution in [0, 0.1) is 0 Å². The smallest absolute Gasteiger partial charge is 0.209 e. The highest BCUT2D eigenvalue weighted by atomic mass is 16.5. The highest BCUT2D eigenvalue weighted by Crippen LogP contribution is 2.38. The Morgan fingerprint density at radius 2 is 1.85 bits per heavy atom. The number of carbonyl (C=O) groups excluding carboxylic acids is 1. The van der Waals surface area contributed by atoms with E-state index >= 15 is 0 Å². The molecule has 0 unspecified atom stereocenters. The largest absolute Gasteiger partial charge is 0.490 e. The van der Waals surface area contributed by atoms with Gasteiger partial charge in [-0.25, -0.2) is 0 Å². The van der Waals surface area contributed by atoms with Gasteiger partial charge in [-0.2, -0.15) is 0 Å². The lowest BCUT2D eigenvalue weighted by atomic mass is 10.1. The molecule has 0 saturated heterocycles. The quantitative estimate of drug-likeness (QED) is 0.222. The van der Waals surface area contributed by atoms with Crippen molar-refractivity contribution in [2.24, 2.45) is 5.16 Å². The summed E-state index contributed by atoms with van der Waals surface area (Å²) in [5.41, 5.74) is 4.52. The van der Waals surface area contributed by atoms with Crippen LogP contribution in [0.2, 0.25) is 0 Å². The monoisotopic (exact) mass is 350 g/mol. The van der Waals surface area contributed by atoms with Gasteiger partial charge in [-0.1, -0.05) is 41.6 Å². The third kappa shape index (κ3) is 3.77. The molecule has 0 atom stereocenters. The van der Waals surface area contributed by atoms with Crippen LogP contribution in [-0.2, 0) is 4.79 Å². The lowest BCUT2D eigenvalue weighted by molar-refractivity contribution is -0.117. The number of allylic oxidation sites excluding steroid dienone is 1. The van der Waals surface area contributed by atoms with Gasteiger partial charge in [-0.3, -0.25) is 4.79 Å². The zero-order valence-electron chi connectivity index (χ0n) is 14.8. The number of rotatable bonds is 8. The molecule has 0 fully saturated rings. The van der Waals surface area contributed by atoms with Crippen LogP contribution in [-0.4, -0.2) is 42.4 Å². The van der Waals surface area contributed by atoms with E-state index in [4.69, 9.17) is 4.74 Å². The molecule has 0 saturated carbocycles. The second-order valence-electron chi connectivity index (χ2n) is 6.21. The van der Waals surface area contributed by atoms with E-state index in [1.165, 1.54) is 0 Å². The minimum atomic E-state index is 0.473. The molecule has 2 aromatic carbocycles. The van der Waals surface area contributed by atoms with E-state index < -0.39 is 0 Å². The first-order valence-corrected chi connectivity index (χ1v) is 8.64. The molecular formula is C21H22N2O3. The third-order valence-corrected chi connectivity index (χ3v) is 4.39. The molecule has 1 N–H and O–H groups in total. The molecule has 0 spiro atoms. The van der Waals surface area contributed by atoms with E-state index in [1.807, 2.05) is 48.5 Å². The van der Waals surface area contributed by atoms with Crippen molar-refractivity contribution >= 4 is 12.1 Å². The Hall–Kier alpha value is -3.08. The van der Waals surface area contributed by atoms with Crippen molar-refractivity contribution in [1.29, 1.82) is 0 Å². The first-order valence-electron chi connectivity index (χ1n) is 8.64. The zero-order chi connectivity index (χ0) is 18.4. The summed E-state index contributed by atoms with van der Waals surface area (Å²) in [6.07, 6.45) is 6.71. The van der Waals surface area contributed by atoms with Crippen molar-refractivity contribution in [1.82, 2.24) is 4.90 Å². The Labute approximate surface area is 153 Å². The number of fused-ring (bicyclic) bond motifs is 3. The topological polar surface area (TPSA) is 62.1 Å². The molecule has 0 aliphatic heterocycles. The van der Waals surface area contributed by atoms with E-state index in [9.17, 15) is 10.0 Å². The van der Waals surface area contributed by atoms with Crippen LogP contribution in [0.25, 0.3) is 11.1 Å². The molecular weight excluding hydrogens is 328 g/mol. The summed E-state index contributed by atoms with van der Waals surface area (Å²) in [5, 5.41) is 12.9. The van der Waals surface area contributed by atoms with Gasteiger partial charge in [-0.15, -0.1) is 0 Å². The third-order valence-electron chi connectivity index (χ3n) is 4.39. The fraction of sp³-hybridized carbons (Fsp3) is 0.238. The number of nitrogens with zero attached hydrogens (tertiary/aromatic N) is 2. The van der Waals surface area contributed by atoms with Gasteiger partial charge >= 0.3 is 0 Å². The maximum Gasteiger partial charge on any atom is 0.209 e. The summed E-state index contributed by atoms with van der Waals surface area (Å²) in [6.45, 7) is 1.23. The van der Waals surface area contributed by atoms with Gasteiger partial charge in [0, 0.05) is 24.7 Å². The average Bonchev–Trinajstić information content (AvgIpc) is 2.99. The molecule has 5 heteroatoms. The van der Waals surface area contributed by atoms with E-state index in [0.717, 1.165) is 53.8 Å². The number of hydrogen-bond donors (Lipinski definition) is 1. The van der Waals surface area contributed by atoms with Gasteiger partial charge in [0.05, 0.1) is 0 Å². The molecule has 1 aliphatic carbocycles. The van der Waals surface area contributed by atoms with Crippen LogP contribution in [0.1, 0.15) is 24.0 Å². The summed E-state index contributed by atoms with van der Waals surface area (Å²) >= 11 is 0. The summed E-state index contributed by atoms with van der Waals surface area (Å²) in [7, 11) is 1.77. The molecule has 1 amide bonds. The molecule has 0 aromatic heterocycles. The van der Waals surface area contributed by atoms with E-state index in [1.54, 1.807) is 11.9 Å². The fourth-order valence-corrected chi connectivity index (χ4v) is 3.06. The van der Waals surface area contributed by atoms with Crippen LogP contribution in [0.3, 0.4) is 0 Å². The number of carbonyl (C=O) groups is 1. The van der Waals surface area contributed by atoms with Gasteiger partial charge < -0.3 is 14.8 Å². The Bertz CT molecular complexity index is 843. The summed E-state index contributed by atoms with van der Waals surface area (Å²) < 4.78 is 5.78. The molecule has 2 aromatic rings. The second-order valence-corrected chi connectivity index (χ2v) is 6.21. The van der Waals surface area contributed by atoms with Gasteiger partial charge in [-0.05, 0) is 42.2 Å². The van der Waals surface area contributed by atoms with Crippen molar-refractivity contribution in [3.8, 4) is 16.9 Å². The van der Waals surface area contributed by atoms with Crippen LogP contribution < -0.4 is 4.74 Å². The van der Waals surface area contributed by atoms with Crippen LogP contribution in [0.4, 0.5) is 0 Å². The van der Waals surface area contributed by atoms with E-state index in [2.05, 4.69) is 11.2 Å². The highest BCUT2D eigenvalue weighted by Gasteiger charge is 2.25. The van der Waals surface area contributed by atoms with E-state index in [0.29, 0.717) is 12.3 Å². The molecule has 3 rings (SSSR count). The number of hydrogen-bond acceptors (Lipinski definition) is 4. The normalized spacial score (nSPS) is 13.7.